The molecule has 0 aliphatic rings. The number of amidine groups is 1. The van der Waals surface area contributed by atoms with Gasteiger partial charge in [0, 0.05) is 6.04 Å². The Labute approximate surface area is 157 Å². The number of halogens is 2. The van der Waals surface area contributed by atoms with Crippen LogP contribution in [0.25, 0.3) is 0 Å². The second kappa shape index (κ2) is 10.9. The van der Waals surface area contributed by atoms with Gasteiger partial charge in [0.05, 0.1) is 10.6 Å². The first-order chi connectivity index (χ1) is 9.65. The summed E-state index contributed by atoms with van der Waals surface area (Å²) >= 11 is 1.60. The van der Waals surface area contributed by atoms with Gasteiger partial charge in [0.25, 0.3) is 0 Å². The first kappa shape index (κ1) is 21.3. The molecule has 0 unspecified atom stereocenters. The zero-order valence-electron chi connectivity index (χ0n) is 12.8. The number of hydrogen-bond donors (Lipinski definition) is 2. The van der Waals surface area contributed by atoms with Crippen molar-refractivity contribution in [2.24, 2.45) is 10.7 Å². The van der Waals surface area contributed by atoms with Gasteiger partial charge in [-0.25, -0.2) is 4.99 Å². The second-order valence-electron chi connectivity index (χ2n) is 5.00. The van der Waals surface area contributed by atoms with Crippen LogP contribution in [0.3, 0.4) is 0 Å². The monoisotopic (exact) mass is 447 g/mol. The summed E-state index contributed by atoms with van der Waals surface area (Å²) in [7, 11) is 0. The van der Waals surface area contributed by atoms with Crippen molar-refractivity contribution in [1.29, 1.82) is 0 Å². The molecule has 2 aromatic rings. The van der Waals surface area contributed by atoms with Crippen LogP contribution in [0.5, 0.6) is 0 Å². The van der Waals surface area contributed by atoms with Gasteiger partial charge >= 0.3 is 0 Å². The van der Waals surface area contributed by atoms with Crippen molar-refractivity contribution in [1.82, 2.24) is 5.32 Å². The van der Waals surface area contributed by atoms with Crippen LogP contribution in [-0.4, -0.2) is 18.4 Å². The van der Waals surface area contributed by atoms with E-state index in [2.05, 4.69) is 36.3 Å². The van der Waals surface area contributed by atoms with Crippen LogP contribution in [0.2, 0.25) is 0 Å². The molecule has 3 N–H and O–H groups in total. The Balaban J connectivity index is 0.00000220. The number of thiophene rings is 1. The van der Waals surface area contributed by atoms with Gasteiger partial charge in [-0.05, 0) is 42.1 Å². The third kappa shape index (κ3) is 7.05. The van der Waals surface area contributed by atoms with E-state index in [9.17, 15) is 0 Å². The molecule has 0 fully saturated rings. The van der Waals surface area contributed by atoms with Crippen molar-refractivity contribution in [2.45, 2.75) is 26.3 Å². The molecule has 0 aliphatic heterocycles. The average molecular weight is 449 g/mol. The van der Waals surface area contributed by atoms with Crippen LogP contribution in [0, 0.1) is 0 Å². The Morgan fingerprint density at radius 1 is 1.18 bits per heavy atom. The standard InChI is InChI=1S/C16H21N3S.2BrH/c1-12(2)18-10-9-13-5-7-14(8-6-13)19-16(17)15-4-3-11-20-15;;/h3-8,11-12,18H,9-10H2,1-2H3,(H2,17,19);2*1H. The fraction of sp³-hybridized carbons (Fsp3) is 0.312. The molecule has 0 amide bonds. The van der Waals surface area contributed by atoms with Crippen molar-refractivity contribution in [3.05, 3.63) is 52.2 Å². The molecule has 1 aromatic carbocycles. The van der Waals surface area contributed by atoms with Crippen LogP contribution in [-0.2, 0) is 6.42 Å². The summed E-state index contributed by atoms with van der Waals surface area (Å²) in [6, 6.07) is 12.8. The molecule has 0 bridgehead atoms. The summed E-state index contributed by atoms with van der Waals surface area (Å²) < 4.78 is 0. The Hall–Kier alpha value is -0.690. The second-order valence-corrected chi connectivity index (χ2v) is 5.95. The van der Waals surface area contributed by atoms with E-state index in [1.165, 1.54) is 5.56 Å². The number of rotatable bonds is 6. The van der Waals surface area contributed by atoms with Crippen molar-refractivity contribution < 1.29 is 0 Å². The van der Waals surface area contributed by atoms with Gasteiger partial charge in [0.2, 0.25) is 0 Å². The average Bonchev–Trinajstić information content (AvgIpc) is 2.94. The smallest absolute Gasteiger partial charge is 0.141 e. The van der Waals surface area contributed by atoms with Gasteiger partial charge in [-0.2, -0.15) is 0 Å². The van der Waals surface area contributed by atoms with Crippen LogP contribution in [0.4, 0.5) is 5.69 Å². The number of aliphatic imine (C=N–C) groups is 1. The minimum absolute atomic E-state index is 0. The lowest BCUT2D eigenvalue weighted by molar-refractivity contribution is 0.590. The van der Waals surface area contributed by atoms with Gasteiger partial charge in [0.1, 0.15) is 5.84 Å². The highest BCUT2D eigenvalue weighted by atomic mass is 79.9. The molecule has 0 atom stereocenters. The fourth-order valence-electron chi connectivity index (χ4n) is 1.86. The molecule has 3 nitrogen and oxygen atoms in total. The van der Waals surface area contributed by atoms with Gasteiger partial charge in [-0.15, -0.1) is 45.3 Å². The normalized spacial score (nSPS) is 11.0. The maximum atomic E-state index is 5.97. The molecule has 22 heavy (non-hydrogen) atoms. The first-order valence-corrected chi connectivity index (χ1v) is 7.73. The summed E-state index contributed by atoms with van der Waals surface area (Å²) in [6.45, 7) is 5.31. The van der Waals surface area contributed by atoms with Crippen LogP contribution < -0.4 is 11.1 Å². The largest absolute Gasteiger partial charge is 0.383 e. The molecule has 2 rings (SSSR count). The molecular weight excluding hydrogens is 426 g/mol. The van der Waals surface area contributed by atoms with Crippen LogP contribution in [0.15, 0.2) is 46.8 Å². The van der Waals surface area contributed by atoms with E-state index in [1.54, 1.807) is 11.3 Å². The molecule has 1 heterocycles. The molecule has 0 aliphatic carbocycles. The quantitative estimate of drug-likeness (QED) is 0.505. The third-order valence-corrected chi connectivity index (χ3v) is 3.82. The Kier molecular flexibility index (Phi) is 10.6. The highest BCUT2D eigenvalue weighted by molar-refractivity contribution is 8.93. The Morgan fingerprint density at radius 3 is 2.41 bits per heavy atom. The van der Waals surface area contributed by atoms with E-state index >= 15 is 0 Å². The van der Waals surface area contributed by atoms with Crippen molar-refractivity contribution in [3.8, 4) is 0 Å². The minimum Gasteiger partial charge on any atom is -0.383 e. The lowest BCUT2D eigenvalue weighted by Gasteiger charge is -2.07. The van der Waals surface area contributed by atoms with Gasteiger partial charge in [-0.3, -0.25) is 0 Å². The number of nitrogens with two attached hydrogens (primary N) is 1. The maximum absolute atomic E-state index is 5.97. The van der Waals surface area contributed by atoms with Crippen LogP contribution in [0.1, 0.15) is 24.3 Å². The summed E-state index contributed by atoms with van der Waals surface area (Å²) in [4.78, 5) is 5.45. The summed E-state index contributed by atoms with van der Waals surface area (Å²) in [6.07, 6.45) is 1.03. The molecule has 6 heteroatoms. The predicted octanol–water partition coefficient (Wildman–Crippen LogP) is 4.48. The van der Waals surface area contributed by atoms with Crippen molar-refractivity contribution in [3.63, 3.8) is 0 Å². The van der Waals surface area contributed by atoms with E-state index in [0.29, 0.717) is 11.9 Å². The molecule has 0 radical (unpaired) electrons. The molecule has 122 valence electrons. The maximum Gasteiger partial charge on any atom is 0.141 e. The van der Waals surface area contributed by atoms with Crippen molar-refractivity contribution in [2.75, 3.05) is 6.54 Å². The number of benzene rings is 1. The molecule has 1 aromatic heterocycles. The topological polar surface area (TPSA) is 50.4 Å². The first-order valence-electron chi connectivity index (χ1n) is 6.85. The summed E-state index contributed by atoms with van der Waals surface area (Å²) in [5, 5.41) is 5.42. The van der Waals surface area contributed by atoms with E-state index < -0.39 is 0 Å². The predicted molar refractivity (Wildman–Crippen MR) is 109 cm³/mol. The highest BCUT2D eigenvalue weighted by Crippen LogP contribution is 2.16. The summed E-state index contributed by atoms with van der Waals surface area (Å²) in [5.74, 6) is 0.578. The van der Waals surface area contributed by atoms with Gasteiger partial charge in [-0.1, -0.05) is 32.0 Å². The van der Waals surface area contributed by atoms with Gasteiger partial charge in [0.15, 0.2) is 0 Å². The Bertz CT molecular complexity index is 551. The van der Waals surface area contributed by atoms with Crippen LogP contribution >= 0.6 is 45.3 Å². The number of hydrogen-bond acceptors (Lipinski definition) is 3. The summed E-state index contributed by atoms with van der Waals surface area (Å²) in [5.41, 5.74) is 8.18. The zero-order chi connectivity index (χ0) is 14.4. The fourth-order valence-corrected chi connectivity index (χ4v) is 2.49. The SMILES string of the molecule is Br.Br.CC(C)NCCc1ccc(N=C(N)c2cccs2)cc1. The van der Waals surface area contributed by atoms with Crippen molar-refractivity contribution >= 4 is 56.8 Å². The molecule has 0 saturated heterocycles. The highest BCUT2D eigenvalue weighted by Gasteiger charge is 2.00. The third-order valence-electron chi connectivity index (χ3n) is 2.93. The van der Waals surface area contributed by atoms with E-state index in [0.717, 1.165) is 23.5 Å². The lowest BCUT2D eigenvalue weighted by atomic mass is 10.1. The lowest BCUT2D eigenvalue weighted by Crippen LogP contribution is -2.24. The minimum atomic E-state index is 0. The Morgan fingerprint density at radius 2 is 1.86 bits per heavy atom. The van der Waals surface area contributed by atoms with E-state index in [1.807, 2.05) is 29.6 Å². The molecule has 0 saturated carbocycles. The number of nitrogens with zero attached hydrogens (tertiary/aromatic N) is 1. The van der Waals surface area contributed by atoms with E-state index in [4.69, 9.17) is 5.73 Å². The zero-order valence-corrected chi connectivity index (χ0v) is 17.0. The van der Waals surface area contributed by atoms with E-state index in [-0.39, 0.29) is 34.0 Å². The number of nitrogens with one attached hydrogen (secondary N) is 1. The van der Waals surface area contributed by atoms with Gasteiger partial charge < -0.3 is 11.1 Å². The molecular formula is C16H23Br2N3S. The molecule has 0 spiro atoms.